The molecule has 17 heavy (non-hydrogen) atoms. The summed E-state index contributed by atoms with van der Waals surface area (Å²) in [5.74, 6) is 0. The molecule has 0 aromatic carbocycles. The van der Waals surface area contributed by atoms with Crippen LogP contribution in [0.3, 0.4) is 0 Å². The predicted molar refractivity (Wildman–Crippen MR) is 69.9 cm³/mol. The van der Waals surface area contributed by atoms with Crippen molar-refractivity contribution in [1.82, 2.24) is 14.5 Å². The summed E-state index contributed by atoms with van der Waals surface area (Å²) in [5.41, 5.74) is 7.23. The number of likely N-dealkylation sites (N-methyl/N-ethyl adjacent to an activating group) is 1. The lowest BCUT2D eigenvalue weighted by Crippen LogP contribution is -2.45. The van der Waals surface area contributed by atoms with Crippen LogP contribution in [0.4, 0.5) is 0 Å². The second-order valence-electron chi connectivity index (χ2n) is 5.38. The summed E-state index contributed by atoms with van der Waals surface area (Å²) in [5, 5.41) is 0. The van der Waals surface area contributed by atoms with Gasteiger partial charge in [0.2, 0.25) is 0 Å². The summed E-state index contributed by atoms with van der Waals surface area (Å²) in [6, 6.07) is 0. The number of hydrogen-bond donors (Lipinski definition) is 1. The summed E-state index contributed by atoms with van der Waals surface area (Å²) in [7, 11) is 4.40. The summed E-state index contributed by atoms with van der Waals surface area (Å²) in [4.78, 5) is 6.66. The molecule has 0 bridgehead atoms. The van der Waals surface area contributed by atoms with Gasteiger partial charge in [0.25, 0.3) is 0 Å². The van der Waals surface area contributed by atoms with Crippen molar-refractivity contribution in [3.63, 3.8) is 0 Å². The Morgan fingerprint density at radius 3 is 2.71 bits per heavy atom. The summed E-state index contributed by atoms with van der Waals surface area (Å²) in [6.07, 6.45) is 10.1. The van der Waals surface area contributed by atoms with Crippen LogP contribution in [-0.4, -0.2) is 40.6 Å². The monoisotopic (exact) mass is 236 g/mol. The van der Waals surface area contributed by atoms with E-state index in [9.17, 15) is 0 Å². The minimum absolute atomic E-state index is 0.323. The molecule has 0 amide bonds. The van der Waals surface area contributed by atoms with E-state index in [1.54, 1.807) is 0 Å². The van der Waals surface area contributed by atoms with Gasteiger partial charge in [-0.3, -0.25) is 0 Å². The van der Waals surface area contributed by atoms with Crippen LogP contribution in [0.1, 0.15) is 31.4 Å². The van der Waals surface area contributed by atoms with Crippen LogP contribution in [0.15, 0.2) is 12.5 Å². The Bertz CT molecular complexity index is 350. The Morgan fingerprint density at radius 2 is 2.12 bits per heavy atom. The maximum absolute atomic E-state index is 5.64. The van der Waals surface area contributed by atoms with Crippen molar-refractivity contribution in [3.05, 3.63) is 18.2 Å². The summed E-state index contributed by atoms with van der Waals surface area (Å²) >= 11 is 0. The van der Waals surface area contributed by atoms with E-state index < -0.39 is 0 Å². The van der Waals surface area contributed by atoms with E-state index in [0.29, 0.717) is 12.1 Å². The normalized spacial score (nSPS) is 19.1. The van der Waals surface area contributed by atoms with Gasteiger partial charge in [0.05, 0.1) is 6.33 Å². The van der Waals surface area contributed by atoms with Crippen LogP contribution in [0.25, 0.3) is 0 Å². The first-order chi connectivity index (χ1) is 8.18. The highest BCUT2D eigenvalue weighted by Gasteiger charge is 2.36. The topological polar surface area (TPSA) is 47.1 Å². The van der Waals surface area contributed by atoms with E-state index in [-0.39, 0.29) is 0 Å². The zero-order valence-electron chi connectivity index (χ0n) is 11.0. The minimum atomic E-state index is 0.323. The molecule has 1 saturated carbocycles. The molecule has 0 saturated heterocycles. The lowest BCUT2D eigenvalue weighted by molar-refractivity contribution is 0.133. The van der Waals surface area contributed by atoms with Gasteiger partial charge in [0.15, 0.2) is 0 Å². The maximum Gasteiger partial charge on any atom is 0.0948 e. The Kier molecular flexibility index (Phi) is 3.84. The molecule has 1 fully saturated rings. The zero-order valence-corrected chi connectivity index (χ0v) is 11.0. The van der Waals surface area contributed by atoms with Gasteiger partial charge in [-0.05, 0) is 33.5 Å². The van der Waals surface area contributed by atoms with Gasteiger partial charge >= 0.3 is 0 Å². The number of aromatic nitrogens is 2. The quantitative estimate of drug-likeness (QED) is 0.837. The molecule has 0 atom stereocenters. The fraction of sp³-hybridized carbons (Fsp3) is 0.769. The van der Waals surface area contributed by atoms with E-state index in [1.807, 2.05) is 12.5 Å². The van der Waals surface area contributed by atoms with E-state index >= 15 is 0 Å². The lowest BCUT2D eigenvalue weighted by Gasteiger charge is -2.37. The molecule has 2 N–H and O–H groups in total. The van der Waals surface area contributed by atoms with E-state index in [2.05, 4.69) is 28.5 Å². The van der Waals surface area contributed by atoms with Crippen LogP contribution in [0, 0.1) is 0 Å². The summed E-state index contributed by atoms with van der Waals surface area (Å²) < 4.78 is 2.29. The van der Waals surface area contributed by atoms with Gasteiger partial charge in [-0.2, -0.15) is 0 Å². The van der Waals surface area contributed by atoms with Gasteiger partial charge < -0.3 is 15.2 Å². The number of imidazole rings is 1. The molecule has 0 radical (unpaired) electrons. The van der Waals surface area contributed by atoms with Crippen molar-refractivity contribution < 1.29 is 0 Å². The van der Waals surface area contributed by atoms with E-state index in [4.69, 9.17) is 5.73 Å². The van der Waals surface area contributed by atoms with E-state index in [0.717, 1.165) is 13.0 Å². The van der Waals surface area contributed by atoms with E-state index in [1.165, 1.54) is 31.4 Å². The van der Waals surface area contributed by atoms with Crippen molar-refractivity contribution in [2.45, 2.75) is 44.2 Å². The molecule has 0 spiro atoms. The minimum Gasteiger partial charge on any atom is -0.333 e. The van der Waals surface area contributed by atoms with Gasteiger partial charge in [-0.1, -0.05) is 12.8 Å². The van der Waals surface area contributed by atoms with Crippen molar-refractivity contribution in [2.75, 3.05) is 20.6 Å². The molecule has 4 heteroatoms. The molecule has 1 heterocycles. The molecule has 2 rings (SSSR count). The average molecular weight is 236 g/mol. The summed E-state index contributed by atoms with van der Waals surface area (Å²) in [6.45, 7) is 1.75. The van der Waals surface area contributed by atoms with Gasteiger partial charge in [0, 0.05) is 30.4 Å². The third kappa shape index (κ3) is 2.53. The van der Waals surface area contributed by atoms with Crippen LogP contribution >= 0.6 is 0 Å². The Balaban J connectivity index is 2.14. The van der Waals surface area contributed by atoms with Gasteiger partial charge in [0.1, 0.15) is 0 Å². The fourth-order valence-electron chi connectivity index (χ4n) is 2.94. The van der Waals surface area contributed by atoms with Crippen LogP contribution in [0.2, 0.25) is 0 Å². The second kappa shape index (κ2) is 5.19. The van der Waals surface area contributed by atoms with Crippen LogP contribution < -0.4 is 5.73 Å². The third-order valence-corrected chi connectivity index (χ3v) is 4.15. The predicted octanol–water partition coefficient (Wildman–Crippen LogP) is 1.26. The van der Waals surface area contributed by atoms with Crippen molar-refractivity contribution >= 4 is 0 Å². The smallest absolute Gasteiger partial charge is 0.0948 e. The number of rotatable bonds is 5. The molecule has 1 aliphatic carbocycles. The Labute approximate surface area is 104 Å². The number of hydrogen-bond acceptors (Lipinski definition) is 3. The standard InChI is InChI=1S/C13H24N4/c1-16(2)13(6-3-4-7-13)10-17-11-15-9-12(17)5-8-14/h9,11H,3-8,10,14H2,1-2H3. The highest BCUT2D eigenvalue weighted by Crippen LogP contribution is 2.35. The lowest BCUT2D eigenvalue weighted by atomic mass is 9.96. The van der Waals surface area contributed by atoms with Crippen LogP contribution in [-0.2, 0) is 13.0 Å². The maximum atomic E-state index is 5.64. The molecule has 96 valence electrons. The molecule has 0 unspecified atom stereocenters. The molecule has 4 nitrogen and oxygen atoms in total. The van der Waals surface area contributed by atoms with Gasteiger partial charge in [-0.25, -0.2) is 4.98 Å². The van der Waals surface area contributed by atoms with Crippen molar-refractivity contribution in [2.24, 2.45) is 5.73 Å². The zero-order chi connectivity index (χ0) is 12.3. The molecular weight excluding hydrogens is 212 g/mol. The largest absolute Gasteiger partial charge is 0.333 e. The molecule has 1 aliphatic rings. The fourth-order valence-corrected chi connectivity index (χ4v) is 2.94. The first kappa shape index (κ1) is 12.6. The van der Waals surface area contributed by atoms with Crippen molar-refractivity contribution in [3.8, 4) is 0 Å². The molecule has 1 aromatic rings. The molecule has 0 aliphatic heterocycles. The number of nitrogens with two attached hydrogens (primary N) is 1. The highest BCUT2D eigenvalue weighted by molar-refractivity contribution is 5.03. The number of nitrogens with zero attached hydrogens (tertiary/aromatic N) is 3. The molecule has 1 aromatic heterocycles. The van der Waals surface area contributed by atoms with Gasteiger partial charge in [-0.15, -0.1) is 0 Å². The Hall–Kier alpha value is -0.870. The second-order valence-corrected chi connectivity index (χ2v) is 5.38. The SMILES string of the molecule is CN(C)C1(Cn2cncc2CCN)CCCC1. The first-order valence-corrected chi connectivity index (χ1v) is 6.54. The third-order valence-electron chi connectivity index (χ3n) is 4.15. The van der Waals surface area contributed by atoms with Crippen molar-refractivity contribution in [1.29, 1.82) is 0 Å². The van der Waals surface area contributed by atoms with Crippen LogP contribution in [0.5, 0.6) is 0 Å². The highest BCUT2D eigenvalue weighted by atomic mass is 15.2. The first-order valence-electron chi connectivity index (χ1n) is 6.54. The Morgan fingerprint density at radius 1 is 1.41 bits per heavy atom. The average Bonchev–Trinajstić information content (AvgIpc) is 2.91. The molecular formula is C13H24N4.